The number of carbonyl (C=O) groups is 1. The van der Waals surface area contributed by atoms with E-state index in [1.165, 1.54) is 5.56 Å². The van der Waals surface area contributed by atoms with Crippen LogP contribution in [0.4, 0.5) is 0 Å². The molecule has 0 radical (unpaired) electrons. The number of hydrogen-bond donors (Lipinski definition) is 0. The number of carbonyl (C=O) groups excluding carboxylic acids is 1. The van der Waals surface area contributed by atoms with Crippen LogP contribution in [0.15, 0.2) is 69.1 Å². The number of halogens is 2. The van der Waals surface area contributed by atoms with Crippen molar-refractivity contribution in [2.24, 2.45) is 0 Å². The zero-order valence-corrected chi connectivity index (χ0v) is 17.4. The molecule has 0 N–H and O–H groups in total. The second kappa shape index (κ2) is 7.88. The summed E-state index contributed by atoms with van der Waals surface area (Å²) in [5.74, 6) is 0.0482. The highest BCUT2D eigenvalue weighted by atomic mass is 79.9. The van der Waals surface area contributed by atoms with Crippen LogP contribution in [0.5, 0.6) is 0 Å². The lowest BCUT2D eigenvalue weighted by Gasteiger charge is -2.24. The summed E-state index contributed by atoms with van der Waals surface area (Å²) in [6.45, 7) is 3.77. The van der Waals surface area contributed by atoms with Gasteiger partial charge in [-0.3, -0.25) is 0 Å². The lowest BCUT2D eigenvalue weighted by Crippen LogP contribution is -2.19. The van der Waals surface area contributed by atoms with Gasteiger partial charge in [-0.1, -0.05) is 62.2 Å². The summed E-state index contributed by atoms with van der Waals surface area (Å²) in [5.41, 5.74) is 3.14. The summed E-state index contributed by atoms with van der Waals surface area (Å²) < 4.78 is 7.58. The molecule has 0 aromatic heterocycles. The minimum absolute atomic E-state index is 0.0144. The van der Waals surface area contributed by atoms with Gasteiger partial charge in [0.2, 0.25) is 0 Å². The van der Waals surface area contributed by atoms with Gasteiger partial charge in [0.25, 0.3) is 0 Å². The second-order valence-corrected chi connectivity index (χ2v) is 8.37. The lowest BCUT2D eigenvalue weighted by molar-refractivity contribution is -0.142. The first-order valence-electron chi connectivity index (χ1n) is 8.37. The molecule has 130 valence electrons. The summed E-state index contributed by atoms with van der Waals surface area (Å²) in [4.78, 5) is 12.6. The topological polar surface area (TPSA) is 26.3 Å². The quantitative estimate of drug-likeness (QED) is 0.493. The number of rotatable bonds is 4. The van der Waals surface area contributed by atoms with Gasteiger partial charge in [0.15, 0.2) is 0 Å². The van der Waals surface area contributed by atoms with Crippen LogP contribution in [-0.2, 0) is 9.53 Å². The maximum Gasteiger partial charge on any atom is 0.334 e. The molecule has 0 bridgehead atoms. The summed E-state index contributed by atoms with van der Waals surface area (Å²) in [5, 5.41) is 0. The largest absolute Gasteiger partial charge is 0.460 e. The molecule has 0 saturated carbocycles. The smallest absolute Gasteiger partial charge is 0.334 e. The normalized spacial score (nSPS) is 19.8. The van der Waals surface area contributed by atoms with Crippen LogP contribution in [-0.4, -0.2) is 12.1 Å². The minimum atomic E-state index is -0.206. The van der Waals surface area contributed by atoms with Gasteiger partial charge >= 0.3 is 5.97 Å². The number of esters is 1. The first-order valence-corrected chi connectivity index (χ1v) is 9.96. The van der Waals surface area contributed by atoms with Crippen LogP contribution in [0.3, 0.4) is 0 Å². The second-order valence-electron chi connectivity index (χ2n) is 6.54. The fourth-order valence-electron chi connectivity index (χ4n) is 3.35. The van der Waals surface area contributed by atoms with Gasteiger partial charge in [-0.05, 0) is 61.6 Å². The molecule has 0 fully saturated rings. The molecule has 2 aromatic carbocycles. The fourth-order valence-corrected chi connectivity index (χ4v) is 3.88. The van der Waals surface area contributed by atoms with Crippen LogP contribution in [0.1, 0.15) is 43.2 Å². The van der Waals surface area contributed by atoms with E-state index in [2.05, 4.69) is 68.3 Å². The predicted octanol–water partition coefficient (Wildman–Crippen LogP) is 6.36. The highest BCUT2D eigenvalue weighted by Gasteiger charge is 2.36. The highest BCUT2D eigenvalue weighted by Crippen LogP contribution is 2.47. The Kier molecular flexibility index (Phi) is 5.80. The first kappa shape index (κ1) is 18.4. The van der Waals surface area contributed by atoms with Crippen LogP contribution >= 0.6 is 31.9 Å². The molecule has 0 unspecified atom stereocenters. The molecule has 4 heteroatoms. The molecule has 0 amide bonds. The summed E-state index contributed by atoms with van der Waals surface area (Å²) >= 11 is 6.98. The van der Waals surface area contributed by atoms with Crippen molar-refractivity contribution in [1.29, 1.82) is 0 Å². The van der Waals surface area contributed by atoms with Crippen molar-refractivity contribution in [2.75, 3.05) is 0 Å². The molecule has 0 saturated heterocycles. The van der Waals surface area contributed by atoms with Crippen molar-refractivity contribution in [3.05, 3.63) is 80.3 Å². The van der Waals surface area contributed by atoms with Crippen molar-refractivity contribution >= 4 is 37.8 Å². The zero-order chi connectivity index (χ0) is 18.0. The lowest BCUT2D eigenvalue weighted by atomic mass is 9.80. The molecular formula is C21H20Br2O2. The molecule has 2 aromatic rings. The highest BCUT2D eigenvalue weighted by molar-refractivity contribution is 9.10. The van der Waals surface area contributed by atoms with Gasteiger partial charge in [-0.15, -0.1) is 0 Å². The number of allylic oxidation sites excluding steroid dienone is 1. The molecule has 25 heavy (non-hydrogen) atoms. The Balaban J connectivity index is 1.98. The summed E-state index contributed by atoms with van der Waals surface area (Å²) in [6.07, 6.45) is 2.76. The van der Waals surface area contributed by atoms with Crippen molar-refractivity contribution < 1.29 is 9.53 Å². The minimum Gasteiger partial charge on any atom is -0.460 e. The number of ether oxygens (including phenoxy) is 1. The average Bonchev–Trinajstić information content (AvgIpc) is 3.00. The van der Waals surface area contributed by atoms with E-state index in [-0.39, 0.29) is 23.9 Å². The van der Waals surface area contributed by atoms with Gasteiger partial charge in [-0.25, -0.2) is 4.79 Å². The van der Waals surface area contributed by atoms with Crippen molar-refractivity contribution in [1.82, 2.24) is 0 Å². The van der Waals surface area contributed by atoms with E-state index in [0.29, 0.717) is 0 Å². The van der Waals surface area contributed by atoms with E-state index in [0.717, 1.165) is 26.5 Å². The van der Waals surface area contributed by atoms with Gasteiger partial charge in [-0.2, -0.15) is 0 Å². The van der Waals surface area contributed by atoms with Crippen LogP contribution < -0.4 is 0 Å². The molecule has 2 atom stereocenters. The molecule has 2 nitrogen and oxygen atoms in total. The standard InChI is InChI=1S/C21H20Br2O2/c1-13(2)25-21(24)19-12-11-18(14-3-7-16(22)8-4-14)20(19)15-5-9-17(23)10-6-15/h3-10,12-13,18,20H,11H2,1-2H3/t18-,20+/m0/s1. The molecule has 3 rings (SSSR count). The molecule has 0 heterocycles. The molecule has 0 aliphatic heterocycles. The Labute approximate surface area is 165 Å². The van der Waals surface area contributed by atoms with E-state index in [1.54, 1.807) is 0 Å². The first-order chi connectivity index (χ1) is 12.0. The van der Waals surface area contributed by atoms with Crippen molar-refractivity contribution in [3.63, 3.8) is 0 Å². The van der Waals surface area contributed by atoms with Crippen LogP contribution in [0, 0.1) is 0 Å². The SMILES string of the molecule is CC(C)OC(=O)C1=CC[C@@H](c2ccc(Br)cc2)[C@H]1c1ccc(Br)cc1. The molecular weight excluding hydrogens is 444 g/mol. The molecule has 1 aliphatic carbocycles. The van der Waals surface area contributed by atoms with E-state index < -0.39 is 0 Å². The van der Waals surface area contributed by atoms with Gasteiger partial charge in [0, 0.05) is 20.4 Å². The predicted molar refractivity (Wildman–Crippen MR) is 108 cm³/mol. The van der Waals surface area contributed by atoms with Gasteiger partial charge in [0.1, 0.15) is 0 Å². The van der Waals surface area contributed by atoms with Crippen LogP contribution in [0.25, 0.3) is 0 Å². The Morgan fingerprint density at radius 1 is 0.960 bits per heavy atom. The fraction of sp³-hybridized carbons (Fsp3) is 0.286. The van der Waals surface area contributed by atoms with Crippen molar-refractivity contribution in [2.45, 2.75) is 38.2 Å². The maximum absolute atomic E-state index is 12.6. The Bertz CT molecular complexity index is 777. The van der Waals surface area contributed by atoms with E-state index in [1.807, 2.05) is 32.1 Å². The summed E-state index contributed by atoms with van der Waals surface area (Å²) in [7, 11) is 0. The van der Waals surface area contributed by atoms with E-state index >= 15 is 0 Å². The number of hydrogen-bond acceptors (Lipinski definition) is 2. The average molecular weight is 464 g/mol. The monoisotopic (exact) mass is 462 g/mol. The third-order valence-corrected chi connectivity index (χ3v) is 5.49. The maximum atomic E-state index is 12.6. The van der Waals surface area contributed by atoms with Crippen LogP contribution in [0.2, 0.25) is 0 Å². The van der Waals surface area contributed by atoms with Gasteiger partial charge < -0.3 is 4.74 Å². The van der Waals surface area contributed by atoms with E-state index in [4.69, 9.17) is 4.74 Å². The third kappa shape index (κ3) is 4.24. The number of benzene rings is 2. The summed E-state index contributed by atoms with van der Waals surface area (Å²) in [6, 6.07) is 16.6. The Morgan fingerprint density at radius 3 is 2.00 bits per heavy atom. The van der Waals surface area contributed by atoms with E-state index in [9.17, 15) is 4.79 Å². The van der Waals surface area contributed by atoms with Crippen molar-refractivity contribution in [3.8, 4) is 0 Å². The third-order valence-electron chi connectivity index (χ3n) is 4.43. The van der Waals surface area contributed by atoms with Gasteiger partial charge in [0.05, 0.1) is 6.10 Å². The Hall–Kier alpha value is -1.39. The molecule has 1 aliphatic rings. The molecule has 0 spiro atoms. The Morgan fingerprint density at radius 2 is 1.48 bits per heavy atom. The zero-order valence-electron chi connectivity index (χ0n) is 14.2.